The minimum absolute atomic E-state index is 0.0985. The molecule has 0 aromatic heterocycles. The molecule has 8 heteroatoms. The Hall–Kier alpha value is -2.40. The molecule has 2 fully saturated rings. The molecule has 0 unspecified atom stereocenters. The summed E-state index contributed by atoms with van der Waals surface area (Å²) >= 11 is 6.17. The Morgan fingerprint density at radius 2 is 1.84 bits per heavy atom. The number of carbonyl (C=O) groups excluding carboxylic acids is 1. The first-order valence-electron chi connectivity index (χ1n) is 10.3. The van der Waals surface area contributed by atoms with Crippen LogP contribution in [0.25, 0.3) is 0 Å². The van der Waals surface area contributed by atoms with Crippen LogP contribution >= 0.6 is 11.6 Å². The van der Waals surface area contributed by atoms with Gasteiger partial charge in [-0.2, -0.15) is 5.26 Å². The molecule has 1 aliphatic carbocycles. The molecule has 0 bridgehead atoms. The van der Waals surface area contributed by atoms with E-state index in [1.807, 2.05) is 35.2 Å². The number of nitrogens with one attached hydrogen (secondary N) is 1. The second-order valence-corrected chi connectivity index (χ2v) is 10.9. The molecule has 1 amide bonds. The van der Waals surface area contributed by atoms with Gasteiger partial charge in [-0.25, -0.2) is 8.42 Å². The van der Waals surface area contributed by atoms with E-state index in [1.165, 1.54) is 6.07 Å². The summed E-state index contributed by atoms with van der Waals surface area (Å²) in [5.41, 5.74) is 0.330. The van der Waals surface area contributed by atoms with Gasteiger partial charge in [-0.3, -0.25) is 9.69 Å². The van der Waals surface area contributed by atoms with Gasteiger partial charge in [-0.05, 0) is 43.4 Å². The van der Waals surface area contributed by atoms with Crippen molar-refractivity contribution in [2.45, 2.75) is 47.4 Å². The predicted octanol–water partition coefficient (Wildman–Crippen LogP) is 2.97. The van der Waals surface area contributed by atoms with Crippen molar-refractivity contribution in [3.05, 3.63) is 65.2 Å². The average Bonchev–Trinajstić information content (AvgIpc) is 3.40. The lowest BCUT2D eigenvalue weighted by molar-refractivity contribution is -0.126. The van der Waals surface area contributed by atoms with Crippen LogP contribution in [0, 0.1) is 11.3 Å². The van der Waals surface area contributed by atoms with Crippen LogP contribution in [0.15, 0.2) is 59.5 Å². The molecule has 1 saturated carbocycles. The number of nitrogens with zero attached hydrogens (tertiary/aromatic N) is 2. The Balaban J connectivity index is 1.56. The third-order valence-electron chi connectivity index (χ3n) is 6.11. The van der Waals surface area contributed by atoms with Gasteiger partial charge >= 0.3 is 0 Å². The van der Waals surface area contributed by atoms with Crippen molar-refractivity contribution in [1.29, 1.82) is 5.26 Å². The standard InChI is InChI=1S/C23H24ClN3O3S/c24-19-8-4-5-9-21(19)31(29,30)18-14-20(22(28)26-23(16-25)11-12-23)27(15-18)13-10-17-6-2-1-3-7-17/h1-9,18,20H,10-15H2,(H,26,28)/t18-,20+/m1/s1. The van der Waals surface area contributed by atoms with Gasteiger partial charge in [0.05, 0.1) is 27.3 Å². The number of amides is 1. The molecule has 4 rings (SSSR count). The maximum Gasteiger partial charge on any atom is 0.238 e. The Kier molecular flexibility index (Phi) is 6.07. The number of hydrogen-bond acceptors (Lipinski definition) is 5. The molecule has 0 radical (unpaired) electrons. The Labute approximate surface area is 187 Å². The van der Waals surface area contributed by atoms with Crippen LogP contribution in [-0.4, -0.2) is 49.1 Å². The zero-order valence-electron chi connectivity index (χ0n) is 17.0. The molecular formula is C23H24ClN3O3S. The van der Waals surface area contributed by atoms with Crippen LogP contribution in [0.3, 0.4) is 0 Å². The van der Waals surface area contributed by atoms with Crippen molar-refractivity contribution in [3.8, 4) is 6.07 Å². The van der Waals surface area contributed by atoms with Gasteiger partial charge in [0.1, 0.15) is 5.54 Å². The van der Waals surface area contributed by atoms with Gasteiger partial charge in [0.2, 0.25) is 5.91 Å². The summed E-state index contributed by atoms with van der Waals surface area (Å²) in [6.45, 7) is 0.800. The minimum Gasteiger partial charge on any atom is -0.336 e. The third kappa shape index (κ3) is 4.62. The highest BCUT2D eigenvalue weighted by Gasteiger charge is 2.49. The molecule has 2 aromatic rings. The highest BCUT2D eigenvalue weighted by molar-refractivity contribution is 7.92. The van der Waals surface area contributed by atoms with E-state index in [0.717, 1.165) is 5.56 Å². The summed E-state index contributed by atoms with van der Waals surface area (Å²) in [6, 6.07) is 17.9. The summed E-state index contributed by atoms with van der Waals surface area (Å²) in [4.78, 5) is 15.1. The molecule has 1 aliphatic heterocycles. The smallest absolute Gasteiger partial charge is 0.238 e. The number of hydrogen-bond donors (Lipinski definition) is 1. The second kappa shape index (κ2) is 8.62. The van der Waals surface area contributed by atoms with Gasteiger partial charge < -0.3 is 5.32 Å². The summed E-state index contributed by atoms with van der Waals surface area (Å²) in [5, 5.41) is 11.6. The summed E-state index contributed by atoms with van der Waals surface area (Å²) in [6.07, 6.45) is 2.14. The normalized spacial score (nSPS) is 22.6. The van der Waals surface area contributed by atoms with Gasteiger partial charge in [0.15, 0.2) is 9.84 Å². The van der Waals surface area contributed by atoms with E-state index in [4.69, 9.17) is 11.6 Å². The number of rotatable bonds is 7. The molecular weight excluding hydrogens is 434 g/mol. The fourth-order valence-electron chi connectivity index (χ4n) is 4.09. The molecule has 1 heterocycles. The van der Waals surface area contributed by atoms with Crippen LogP contribution in [0.5, 0.6) is 0 Å². The molecule has 2 atom stereocenters. The molecule has 1 saturated heterocycles. The molecule has 162 valence electrons. The zero-order valence-corrected chi connectivity index (χ0v) is 18.6. The summed E-state index contributed by atoms with van der Waals surface area (Å²) in [5.74, 6) is -0.274. The first-order valence-corrected chi connectivity index (χ1v) is 12.3. The van der Waals surface area contributed by atoms with E-state index in [2.05, 4.69) is 11.4 Å². The molecule has 2 aromatic carbocycles. The van der Waals surface area contributed by atoms with Crippen LogP contribution in [0.2, 0.25) is 5.02 Å². The van der Waals surface area contributed by atoms with Crippen LogP contribution in [0.4, 0.5) is 0 Å². The second-order valence-electron chi connectivity index (χ2n) is 8.26. The average molecular weight is 458 g/mol. The lowest BCUT2D eigenvalue weighted by Crippen LogP contribution is -2.48. The van der Waals surface area contributed by atoms with Gasteiger partial charge in [0, 0.05) is 13.1 Å². The first kappa shape index (κ1) is 21.8. The van der Waals surface area contributed by atoms with E-state index < -0.39 is 26.7 Å². The van der Waals surface area contributed by atoms with Crippen molar-refractivity contribution in [1.82, 2.24) is 10.2 Å². The van der Waals surface area contributed by atoms with Crippen LogP contribution in [0.1, 0.15) is 24.8 Å². The van der Waals surface area contributed by atoms with E-state index in [1.54, 1.807) is 18.2 Å². The third-order valence-corrected chi connectivity index (χ3v) is 8.74. The number of sulfone groups is 1. The lowest BCUT2D eigenvalue weighted by Gasteiger charge is -2.24. The Bertz CT molecular complexity index is 1110. The Morgan fingerprint density at radius 3 is 2.48 bits per heavy atom. The van der Waals surface area contributed by atoms with Crippen molar-refractivity contribution in [2.24, 2.45) is 0 Å². The van der Waals surface area contributed by atoms with E-state index in [9.17, 15) is 18.5 Å². The van der Waals surface area contributed by atoms with E-state index >= 15 is 0 Å². The Morgan fingerprint density at radius 1 is 1.16 bits per heavy atom. The maximum atomic E-state index is 13.3. The number of likely N-dealkylation sites (tertiary alicyclic amines) is 1. The van der Waals surface area contributed by atoms with E-state index in [0.29, 0.717) is 25.8 Å². The highest BCUT2D eigenvalue weighted by atomic mass is 35.5. The van der Waals surface area contributed by atoms with Gasteiger partial charge in [-0.1, -0.05) is 54.1 Å². The zero-order chi connectivity index (χ0) is 22.1. The van der Waals surface area contributed by atoms with E-state index in [-0.39, 0.29) is 28.8 Å². The van der Waals surface area contributed by atoms with Crippen LogP contribution in [-0.2, 0) is 21.1 Å². The first-order chi connectivity index (χ1) is 14.8. The van der Waals surface area contributed by atoms with Crippen molar-refractivity contribution >= 4 is 27.3 Å². The van der Waals surface area contributed by atoms with Crippen molar-refractivity contribution in [3.63, 3.8) is 0 Å². The highest BCUT2D eigenvalue weighted by Crippen LogP contribution is 2.36. The van der Waals surface area contributed by atoms with Gasteiger partial charge in [-0.15, -0.1) is 0 Å². The minimum atomic E-state index is -3.70. The summed E-state index contributed by atoms with van der Waals surface area (Å²) < 4.78 is 26.6. The van der Waals surface area contributed by atoms with Gasteiger partial charge in [0.25, 0.3) is 0 Å². The summed E-state index contributed by atoms with van der Waals surface area (Å²) in [7, 11) is -3.70. The van der Waals surface area contributed by atoms with Crippen molar-refractivity contribution in [2.75, 3.05) is 13.1 Å². The number of carbonyl (C=O) groups is 1. The maximum absolute atomic E-state index is 13.3. The van der Waals surface area contributed by atoms with Crippen molar-refractivity contribution < 1.29 is 13.2 Å². The largest absolute Gasteiger partial charge is 0.336 e. The fraction of sp³-hybridized carbons (Fsp3) is 0.391. The predicted molar refractivity (Wildman–Crippen MR) is 118 cm³/mol. The molecule has 31 heavy (non-hydrogen) atoms. The molecule has 2 aliphatic rings. The molecule has 6 nitrogen and oxygen atoms in total. The van der Waals surface area contributed by atoms with Crippen LogP contribution < -0.4 is 5.32 Å². The topological polar surface area (TPSA) is 90.3 Å². The lowest BCUT2D eigenvalue weighted by atomic mass is 10.1. The molecule has 1 N–H and O–H groups in total. The fourth-order valence-corrected chi connectivity index (χ4v) is 6.34. The molecule has 0 spiro atoms. The SMILES string of the molecule is N#CC1(NC(=O)[C@@H]2C[C@@H](S(=O)(=O)c3ccccc3Cl)CN2CCc2ccccc2)CC1. The monoisotopic (exact) mass is 457 g/mol. The number of nitriles is 1. The number of benzene rings is 2. The number of halogens is 1. The quantitative estimate of drug-likeness (QED) is 0.690.